The van der Waals surface area contributed by atoms with Gasteiger partial charge in [0.25, 0.3) is 0 Å². The van der Waals surface area contributed by atoms with Crippen LogP contribution in [0.25, 0.3) is 10.8 Å². The van der Waals surface area contributed by atoms with Crippen molar-refractivity contribution in [1.82, 2.24) is 0 Å². The normalized spacial score (nSPS) is 10.9. The van der Waals surface area contributed by atoms with E-state index in [-0.39, 0.29) is 0 Å². The minimum absolute atomic E-state index is 0.677. The maximum absolute atomic E-state index is 5.58. The molecule has 90 valence electrons. The average Bonchev–Trinajstić information content (AvgIpc) is 2.38. The Labute approximate surface area is 107 Å². The summed E-state index contributed by atoms with van der Waals surface area (Å²) >= 11 is 5.58. The molecule has 0 radical (unpaired) electrons. The second-order valence-electron chi connectivity index (χ2n) is 4.09. The lowest BCUT2D eigenvalue weighted by Crippen LogP contribution is -2.00. The molecule has 0 saturated carbocycles. The average molecular weight is 249 g/mol. The molecule has 0 fully saturated rings. The van der Waals surface area contributed by atoms with Crippen LogP contribution in [0, 0.1) is 0 Å². The molecule has 0 unspecified atom stereocenters. The van der Waals surface area contributed by atoms with Gasteiger partial charge in [-0.25, -0.2) is 0 Å². The minimum Gasteiger partial charge on any atom is -0.381 e. The maximum atomic E-state index is 5.58. The predicted octanol–water partition coefficient (Wildman–Crippen LogP) is 4.03. The number of hydrogen-bond acceptors (Lipinski definition) is 1. The van der Waals surface area contributed by atoms with Gasteiger partial charge in [-0.2, -0.15) is 0 Å². The fourth-order valence-electron chi connectivity index (χ4n) is 1.84. The molecule has 0 saturated heterocycles. The number of benzene rings is 2. The molecule has 0 aliphatic carbocycles. The van der Waals surface area contributed by atoms with Gasteiger partial charge in [-0.3, -0.25) is 0 Å². The van der Waals surface area contributed by atoms with Gasteiger partial charge in [0.15, 0.2) is 0 Å². The van der Waals surface area contributed by atoms with Crippen LogP contribution in [-0.2, 0) is 11.2 Å². The number of hydrogen-bond donors (Lipinski definition) is 0. The fourth-order valence-corrected chi connectivity index (χ4v) is 1.95. The van der Waals surface area contributed by atoms with Gasteiger partial charge in [0, 0.05) is 12.5 Å². The van der Waals surface area contributed by atoms with E-state index in [0.29, 0.717) is 5.88 Å². The summed E-state index contributed by atoms with van der Waals surface area (Å²) in [7, 11) is 0. The Morgan fingerprint density at radius 3 is 2.59 bits per heavy atom. The first-order chi connectivity index (χ1) is 8.40. The first kappa shape index (κ1) is 12.4. The lowest BCUT2D eigenvalue weighted by Gasteiger charge is -2.05. The molecule has 1 nitrogen and oxygen atoms in total. The van der Waals surface area contributed by atoms with Gasteiger partial charge in [-0.15, -0.1) is 11.6 Å². The van der Waals surface area contributed by atoms with Crippen LogP contribution < -0.4 is 0 Å². The van der Waals surface area contributed by atoms with Gasteiger partial charge in [-0.05, 0) is 29.2 Å². The third kappa shape index (κ3) is 3.72. The van der Waals surface area contributed by atoms with Gasteiger partial charge in [0.2, 0.25) is 0 Å². The van der Waals surface area contributed by atoms with Gasteiger partial charge >= 0.3 is 0 Å². The molecule has 0 aliphatic rings. The van der Waals surface area contributed by atoms with E-state index in [4.69, 9.17) is 16.3 Å². The summed E-state index contributed by atoms with van der Waals surface area (Å²) in [4.78, 5) is 0. The summed E-state index contributed by atoms with van der Waals surface area (Å²) in [6, 6.07) is 15.0. The Hall–Kier alpha value is -1.05. The smallest absolute Gasteiger partial charge is 0.0506 e. The first-order valence-corrected chi connectivity index (χ1v) is 6.55. The molecule has 0 spiro atoms. The third-order valence-electron chi connectivity index (χ3n) is 2.77. The highest BCUT2D eigenvalue weighted by Crippen LogP contribution is 2.15. The van der Waals surface area contributed by atoms with Crippen LogP contribution in [0.15, 0.2) is 42.5 Å². The van der Waals surface area contributed by atoms with Crippen molar-refractivity contribution in [2.24, 2.45) is 0 Å². The molecular weight excluding hydrogens is 232 g/mol. The maximum Gasteiger partial charge on any atom is 0.0506 e. The van der Waals surface area contributed by atoms with Crippen molar-refractivity contribution in [1.29, 1.82) is 0 Å². The highest BCUT2D eigenvalue weighted by atomic mass is 35.5. The second-order valence-corrected chi connectivity index (χ2v) is 4.46. The molecular formula is C15H17ClO. The zero-order valence-corrected chi connectivity index (χ0v) is 10.6. The Balaban J connectivity index is 1.90. The Bertz CT molecular complexity index is 467. The summed E-state index contributed by atoms with van der Waals surface area (Å²) < 4.78 is 5.51. The number of rotatable bonds is 6. The molecule has 0 heterocycles. The van der Waals surface area contributed by atoms with E-state index >= 15 is 0 Å². The van der Waals surface area contributed by atoms with Crippen molar-refractivity contribution in [3.8, 4) is 0 Å². The molecule has 2 rings (SSSR count). The molecule has 17 heavy (non-hydrogen) atoms. The summed E-state index contributed by atoms with van der Waals surface area (Å²) in [6.45, 7) is 1.53. The zero-order valence-electron chi connectivity index (χ0n) is 9.86. The van der Waals surface area contributed by atoms with Crippen LogP contribution in [0.1, 0.15) is 12.0 Å². The summed E-state index contributed by atoms with van der Waals surface area (Å²) in [6.07, 6.45) is 1.90. The van der Waals surface area contributed by atoms with Crippen LogP contribution in [0.2, 0.25) is 0 Å². The topological polar surface area (TPSA) is 9.23 Å². The van der Waals surface area contributed by atoms with Crippen LogP contribution in [0.5, 0.6) is 0 Å². The molecule has 2 aromatic rings. The minimum atomic E-state index is 0.677. The van der Waals surface area contributed by atoms with Crippen molar-refractivity contribution < 1.29 is 4.74 Å². The van der Waals surface area contributed by atoms with Gasteiger partial charge < -0.3 is 4.74 Å². The van der Waals surface area contributed by atoms with Crippen LogP contribution in [0.3, 0.4) is 0 Å². The molecule has 0 aromatic heterocycles. The predicted molar refractivity (Wildman–Crippen MR) is 73.8 cm³/mol. The van der Waals surface area contributed by atoms with Crippen molar-refractivity contribution in [3.05, 3.63) is 48.0 Å². The van der Waals surface area contributed by atoms with E-state index in [1.807, 2.05) is 0 Å². The van der Waals surface area contributed by atoms with Crippen LogP contribution >= 0.6 is 11.6 Å². The quantitative estimate of drug-likeness (QED) is 0.554. The highest BCUT2D eigenvalue weighted by molar-refractivity contribution is 6.17. The number of ether oxygens (including phenoxy) is 1. The number of halogens is 1. The van der Waals surface area contributed by atoms with Gasteiger partial charge in [-0.1, -0.05) is 42.5 Å². The standard InChI is InChI=1S/C15H17ClO/c16-9-3-10-17-11-8-13-6-7-14-4-1-2-5-15(14)12-13/h1-2,4-7,12H,3,8-11H2. The lowest BCUT2D eigenvalue weighted by molar-refractivity contribution is 0.138. The number of alkyl halides is 1. The Kier molecular flexibility index (Phi) is 4.84. The summed E-state index contributed by atoms with van der Waals surface area (Å²) in [5, 5.41) is 2.59. The summed E-state index contributed by atoms with van der Waals surface area (Å²) in [5.74, 6) is 0.677. The molecule has 0 amide bonds. The van der Waals surface area contributed by atoms with Crippen molar-refractivity contribution in [3.63, 3.8) is 0 Å². The highest BCUT2D eigenvalue weighted by Gasteiger charge is 1.96. The van der Waals surface area contributed by atoms with E-state index in [1.165, 1.54) is 16.3 Å². The van der Waals surface area contributed by atoms with Gasteiger partial charge in [0.1, 0.15) is 0 Å². The Morgan fingerprint density at radius 2 is 1.76 bits per heavy atom. The van der Waals surface area contributed by atoms with Crippen LogP contribution in [0.4, 0.5) is 0 Å². The monoisotopic (exact) mass is 248 g/mol. The third-order valence-corrected chi connectivity index (χ3v) is 3.04. The van der Waals surface area contributed by atoms with Crippen molar-refractivity contribution in [2.75, 3.05) is 19.1 Å². The largest absolute Gasteiger partial charge is 0.381 e. The van der Waals surface area contributed by atoms with E-state index in [1.54, 1.807) is 0 Å². The SMILES string of the molecule is ClCCCOCCc1ccc2ccccc2c1. The van der Waals surface area contributed by atoms with E-state index in [2.05, 4.69) is 42.5 Å². The number of fused-ring (bicyclic) bond motifs is 1. The Morgan fingerprint density at radius 1 is 0.941 bits per heavy atom. The zero-order chi connectivity index (χ0) is 11.9. The van der Waals surface area contributed by atoms with Crippen LogP contribution in [-0.4, -0.2) is 19.1 Å². The molecule has 2 heteroatoms. The van der Waals surface area contributed by atoms with E-state index in [0.717, 1.165) is 26.1 Å². The fraction of sp³-hybridized carbons (Fsp3) is 0.333. The van der Waals surface area contributed by atoms with Gasteiger partial charge in [0.05, 0.1) is 6.61 Å². The van der Waals surface area contributed by atoms with E-state index < -0.39 is 0 Å². The summed E-state index contributed by atoms with van der Waals surface area (Å²) in [5.41, 5.74) is 1.33. The first-order valence-electron chi connectivity index (χ1n) is 6.01. The van der Waals surface area contributed by atoms with E-state index in [9.17, 15) is 0 Å². The molecule has 0 bridgehead atoms. The molecule has 0 N–H and O–H groups in total. The van der Waals surface area contributed by atoms with Crippen molar-refractivity contribution >= 4 is 22.4 Å². The molecule has 0 aliphatic heterocycles. The lowest BCUT2D eigenvalue weighted by atomic mass is 10.1. The van der Waals surface area contributed by atoms with Crippen molar-refractivity contribution in [2.45, 2.75) is 12.8 Å². The second kappa shape index (κ2) is 6.63. The molecule has 0 atom stereocenters. The molecule has 2 aromatic carbocycles.